The zero-order valence-corrected chi connectivity index (χ0v) is 20.4. The smallest absolute Gasteiger partial charge is 0.289 e. The molecule has 0 unspecified atom stereocenters. The van der Waals surface area contributed by atoms with E-state index in [2.05, 4.69) is 15.6 Å². The maximum Gasteiger partial charge on any atom is 0.289 e. The van der Waals surface area contributed by atoms with Crippen LogP contribution in [0.1, 0.15) is 36.2 Å². The van der Waals surface area contributed by atoms with Crippen LogP contribution in [-0.2, 0) is 4.79 Å². The monoisotopic (exact) mass is 537 g/mol. The number of carbonyl (C=O) groups excluding carboxylic acids is 2. The molecule has 0 aliphatic heterocycles. The maximum absolute atomic E-state index is 13.7. The first kappa shape index (κ1) is 23.9. The highest BCUT2D eigenvalue weighted by Crippen LogP contribution is 2.55. The number of halogens is 4. The number of hydrogen-bond acceptors (Lipinski definition) is 5. The Kier molecular flexibility index (Phi) is 6.15. The standard InChI is InChI=1S/C24H19Cl3FN3O4/c25-15-4-2-14(8-17(15)27)34-10-20(32)30-23-5-6-24(11-23,12-23)31-21(33)19-9-29-22(35-19)13-1-3-16(26)18(28)7-13/h1-4,7-9H,5-6,10-12H2,(H,30,32)(H,31,33). The van der Waals surface area contributed by atoms with Crippen molar-refractivity contribution >= 4 is 46.6 Å². The van der Waals surface area contributed by atoms with Crippen molar-refractivity contribution in [3.8, 4) is 17.2 Å². The van der Waals surface area contributed by atoms with Gasteiger partial charge in [0, 0.05) is 22.7 Å². The van der Waals surface area contributed by atoms with E-state index >= 15 is 0 Å². The predicted molar refractivity (Wildman–Crippen MR) is 128 cm³/mol. The number of nitrogens with one attached hydrogen (secondary N) is 2. The zero-order chi connectivity index (χ0) is 24.8. The summed E-state index contributed by atoms with van der Waals surface area (Å²) in [6.07, 6.45) is 3.96. The Bertz CT molecular complexity index is 1320. The van der Waals surface area contributed by atoms with Gasteiger partial charge < -0.3 is 19.8 Å². The molecule has 0 saturated heterocycles. The summed E-state index contributed by atoms with van der Waals surface area (Å²) in [6, 6.07) is 8.93. The summed E-state index contributed by atoms with van der Waals surface area (Å²) in [7, 11) is 0. The van der Waals surface area contributed by atoms with E-state index < -0.39 is 17.3 Å². The summed E-state index contributed by atoms with van der Waals surface area (Å²) in [6.45, 7) is -0.162. The first-order valence-electron chi connectivity index (χ1n) is 10.8. The fraction of sp³-hybridized carbons (Fsp3) is 0.292. The van der Waals surface area contributed by atoms with E-state index in [9.17, 15) is 14.0 Å². The molecule has 11 heteroatoms. The SMILES string of the molecule is O=C(COc1ccc(Cl)c(Cl)c1)NC12CCC(NC(=O)c3cnc(-c4ccc(Cl)c(F)c4)o3)(C1)C2. The van der Waals surface area contributed by atoms with Crippen LogP contribution in [0.4, 0.5) is 4.39 Å². The number of amides is 2. The van der Waals surface area contributed by atoms with Gasteiger partial charge in [0.1, 0.15) is 11.6 Å². The first-order chi connectivity index (χ1) is 16.7. The third-order valence-corrected chi connectivity index (χ3v) is 7.42. The molecule has 182 valence electrons. The van der Waals surface area contributed by atoms with Crippen LogP contribution < -0.4 is 15.4 Å². The number of nitrogens with zero attached hydrogens (tertiary/aromatic N) is 1. The molecule has 0 radical (unpaired) electrons. The number of benzene rings is 2. The van der Waals surface area contributed by atoms with Gasteiger partial charge in [-0.2, -0.15) is 0 Å². The van der Waals surface area contributed by atoms with Crippen molar-refractivity contribution in [3.63, 3.8) is 0 Å². The Hall–Kier alpha value is -2.81. The molecule has 2 aromatic carbocycles. The highest BCUT2D eigenvalue weighted by atomic mass is 35.5. The van der Waals surface area contributed by atoms with Gasteiger partial charge in [-0.3, -0.25) is 9.59 Å². The van der Waals surface area contributed by atoms with Crippen LogP contribution in [0.5, 0.6) is 5.75 Å². The van der Waals surface area contributed by atoms with Crippen LogP contribution in [0.15, 0.2) is 47.0 Å². The molecular formula is C24H19Cl3FN3O4. The van der Waals surface area contributed by atoms with E-state index in [0.29, 0.717) is 34.2 Å². The Morgan fingerprint density at radius 1 is 1.00 bits per heavy atom. The summed E-state index contributed by atoms with van der Waals surface area (Å²) in [5.41, 5.74) is -0.425. The number of aromatic nitrogens is 1. The maximum atomic E-state index is 13.7. The molecule has 0 spiro atoms. The van der Waals surface area contributed by atoms with Crippen molar-refractivity contribution in [1.82, 2.24) is 15.6 Å². The molecule has 1 aromatic heterocycles. The molecular weight excluding hydrogens is 520 g/mol. The summed E-state index contributed by atoms with van der Waals surface area (Å²) in [5.74, 6) is -0.689. The number of rotatable bonds is 7. The van der Waals surface area contributed by atoms with Crippen molar-refractivity contribution in [1.29, 1.82) is 0 Å². The van der Waals surface area contributed by atoms with Gasteiger partial charge in [-0.25, -0.2) is 9.37 Å². The zero-order valence-electron chi connectivity index (χ0n) is 18.2. The average molecular weight is 539 g/mol. The lowest BCUT2D eigenvalue weighted by Gasteiger charge is -2.47. The molecule has 2 N–H and O–H groups in total. The minimum absolute atomic E-state index is 0.0138. The summed E-state index contributed by atoms with van der Waals surface area (Å²) < 4.78 is 24.8. The average Bonchev–Trinajstić information content (AvgIpc) is 3.50. The fourth-order valence-electron chi connectivity index (χ4n) is 4.87. The molecule has 6 rings (SSSR count). The number of carbonyl (C=O) groups is 2. The molecule has 2 bridgehead atoms. The molecule has 2 amide bonds. The largest absolute Gasteiger partial charge is 0.484 e. The minimum Gasteiger partial charge on any atom is -0.484 e. The van der Waals surface area contributed by atoms with E-state index in [1.807, 2.05) is 0 Å². The van der Waals surface area contributed by atoms with Gasteiger partial charge in [-0.15, -0.1) is 0 Å². The van der Waals surface area contributed by atoms with Crippen LogP contribution in [0.3, 0.4) is 0 Å². The minimum atomic E-state index is -0.603. The van der Waals surface area contributed by atoms with E-state index in [1.54, 1.807) is 24.3 Å². The molecule has 0 atom stereocenters. The molecule has 3 aliphatic rings. The van der Waals surface area contributed by atoms with E-state index in [1.165, 1.54) is 18.3 Å². The molecule has 7 nitrogen and oxygen atoms in total. The highest BCUT2D eigenvalue weighted by Gasteiger charge is 2.62. The van der Waals surface area contributed by atoms with Crippen molar-refractivity contribution < 1.29 is 23.1 Å². The second kappa shape index (κ2) is 9.00. The predicted octanol–water partition coefficient (Wildman–Crippen LogP) is 5.43. The van der Waals surface area contributed by atoms with E-state index in [4.69, 9.17) is 44.0 Å². The topological polar surface area (TPSA) is 93.5 Å². The number of hydrogen-bond donors (Lipinski definition) is 2. The lowest BCUT2D eigenvalue weighted by atomic mass is 9.71. The van der Waals surface area contributed by atoms with Crippen molar-refractivity contribution in [3.05, 3.63) is 69.2 Å². The lowest BCUT2D eigenvalue weighted by molar-refractivity contribution is -0.126. The Balaban J connectivity index is 1.14. The van der Waals surface area contributed by atoms with Gasteiger partial charge in [0.2, 0.25) is 11.7 Å². The molecule has 3 saturated carbocycles. The van der Waals surface area contributed by atoms with Gasteiger partial charge in [0.25, 0.3) is 11.8 Å². The van der Waals surface area contributed by atoms with Crippen LogP contribution >= 0.6 is 34.8 Å². The molecule has 3 aromatic rings. The third kappa shape index (κ3) is 4.83. The number of oxazole rings is 1. The second-order valence-corrected chi connectivity index (χ2v) is 10.2. The highest BCUT2D eigenvalue weighted by molar-refractivity contribution is 6.42. The normalized spacial score (nSPS) is 22.4. The van der Waals surface area contributed by atoms with Gasteiger partial charge in [0.15, 0.2) is 6.61 Å². The summed E-state index contributed by atoms with van der Waals surface area (Å²) in [5, 5.41) is 6.78. The first-order valence-corrected chi connectivity index (χ1v) is 11.9. The van der Waals surface area contributed by atoms with Crippen molar-refractivity contribution in [2.24, 2.45) is 0 Å². The lowest BCUT2D eigenvalue weighted by Crippen LogP contribution is -2.64. The van der Waals surface area contributed by atoms with E-state index in [0.717, 1.165) is 12.8 Å². The molecule has 35 heavy (non-hydrogen) atoms. The van der Waals surface area contributed by atoms with Crippen molar-refractivity contribution in [2.45, 2.75) is 36.8 Å². The van der Waals surface area contributed by atoms with Crippen LogP contribution in [0.25, 0.3) is 11.5 Å². The van der Waals surface area contributed by atoms with Gasteiger partial charge in [-0.05, 0) is 56.0 Å². The third-order valence-electron chi connectivity index (χ3n) is 6.38. The van der Waals surface area contributed by atoms with Gasteiger partial charge >= 0.3 is 0 Å². The number of ether oxygens (including phenoxy) is 1. The quantitative estimate of drug-likeness (QED) is 0.418. The van der Waals surface area contributed by atoms with Crippen LogP contribution in [0.2, 0.25) is 15.1 Å². The number of fused-ring (bicyclic) bond motifs is 1. The van der Waals surface area contributed by atoms with Crippen molar-refractivity contribution in [2.75, 3.05) is 6.61 Å². The second-order valence-electron chi connectivity index (χ2n) is 8.94. The Labute approximate surface area is 214 Å². The molecule has 3 aliphatic carbocycles. The van der Waals surface area contributed by atoms with Crippen LogP contribution in [0, 0.1) is 5.82 Å². The van der Waals surface area contributed by atoms with Gasteiger partial charge in [0.05, 0.1) is 21.3 Å². The van der Waals surface area contributed by atoms with Gasteiger partial charge in [-0.1, -0.05) is 34.8 Å². The Morgan fingerprint density at radius 2 is 1.71 bits per heavy atom. The Morgan fingerprint density at radius 3 is 2.43 bits per heavy atom. The fourth-order valence-corrected chi connectivity index (χ4v) is 5.27. The molecule has 1 heterocycles. The summed E-state index contributed by atoms with van der Waals surface area (Å²) in [4.78, 5) is 29.3. The van der Waals surface area contributed by atoms with Crippen LogP contribution in [-0.4, -0.2) is 34.5 Å². The summed E-state index contributed by atoms with van der Waals surface area (Å²) >= 11 is 17.6. The molecule has 3 fully saturated rings. The van der Waals surface area contributed by atoms with E-state index in [-0.39, 0.29) is 34.7 Å².